The summed E-state index contributed by atoms with van der Waals surface area (Å²) in [4.78, 5) is 31.1. The fourth-order valence-electron chi connectivity index (χ4n) is 3.87. The van der Waals surface area contributed by atoms with E-state index in [9.17, 15) is 9.59 Å². The summed E-state index contributed by atoms with van der Waals surface area (Å²) in [6, 6.07) is 10.3. The van der Waals surface area contributed by atoms with Crippen molar-refractivity contribution in [1.82, 2.24) is 9.80 Å². The molecule has 28 heavy (non-hydrogen) atoms. The Morgan fingerprint density at radius 2 is 1.89 bits per heavy atom. The molecule has 0 saturated carbocycles. The SMILES string of the molecule is CCN(CC(=O)N1CCc2sccc2C1c1ccccc1C)C(=O)C(C)(C)C. The second-order valence-electron chi connectivity index (χ2n) is 8.46. The summed E-state index contributed by atoms with van der Waals surface area (Å²) in [5.41, 5.74) is 3.08. The number of rotatable bonds is 4. The van der Waals surface area contributed by atoms with E-state index >= 15 is 0 Å². The molecule has 1 atom stereocenters. The van der Waals surface area contributed by atoms with Crippen molar-refractivity contribution in [2.75, 3.05) is 19.6 Å². The van der Waals surface area contributed by atoms with Crippen LogP contribution in [0.1, 0.15) is 55.3 Å². The quantitative estimate of drug-likeness (QED) is 0.765. The molecule has 2 aromatic rings. The van der Waals surface area contributed by atoms with Gasteiger partial charge >= 0.3 is 0 Å². The van der Waals surface area contributed by atoms with E-state index in [1.54, 1.807) is 16.2 Å². The molecule has 1 unspecified atom stereocenters. The predicted octanol–water partition coefficient (Wildman–Crippen LogP) is 4.43. The van der Waals surface area contributed by atoms with Crippen LogP contribution < -0.4 is 0 Å². The number of hydrogen-bond donors (Lipinski definition) is 0. The highest BCUT2D eigenvalue weighted by atomic mass is 32.1. The van der Waals surface area contributed by atoms with Crippen molar-refractivity contribution in [1.29, 1.82) is 0 Å². The summed E-state index contributed by atoms with van der Waals surface area (Å²) in [6.07, 6.45) is 0.875. The Hall–Kier alpha value is -2.14. The number of aryl methyl sites for hydroxylation is 1. The fourth-order valence-corrected chi connectivity index (χ4v) is 4.77. The van der Waals surface area contributed by atoms with Gasteiger partial charge in [0.25, 0.3) is 0 Å². The van der Waals surface area contributed by atoms with Gasteiger partial charge in [-0.05, 0) is 48.4 Å². The summed E-state index contributed by atoms with van der Waals surface area (Å²) in [5.74, 6) is 0.0357. The molecule has 0 spiro atoms. The zero-order valence-electron chi connectivity index (χ0n) is 17.5. The van der Waals surface area contributed by atoms with E-state index in [0.29, 0.717) is 13.1 Å². The minimum Gasteiger partial charge on any atom is -0.333 e. The molecule has 0 N–H and O–H groups in total. The Morgan fingerprint density at radius 1 is 1.18 bits per heavy atom. The Bertz CT molecular complexity index is 865. The molecule has 1 aromatic carbocycles. The molecule has 1 aliphatic heterocycles. The van der Waals surface area contributed by atoms with Gasteiger partial charge in [-0.3, -0.25) is 9.59 Å². The number of carbonyl (C=O) groups is 2. The first-order chi connectivity index (χ1) is 13.2. The minimum absolute atomic E-state index is 0.0176. The van der Waals surface area contributed by atoms with Crippen molar-refractivity contribution < 1.29 is 9.59 Å². The number of carbonyl (C=O) groups excluding carboxylic acids is 2. The Kier molecular flexibility index (Phi) is 5.94. The molecule has 3 rings (SSSR count). The third-order valence-electron chi connectivity index (χ3n) is 5.41. The van der Waals surface area contributed by atoms with Crippen LogP contribution in [0.25, 0.3) is 0 Å². The summed E-state index contributed by atoms with van der Waals surface area (Å²) in [5, 5.41) is 2.12. The lowest BCUT2D eigenvalue weighted by Gasteiger charge is -2.38. The van der Waals surface area contributed by atoms with Crippen molar-refractivity contribution in [3.05, 3.63) is 57.3 Å². The normalized spacial score (nSPS) is 16.6. The summed E-state index contributed by atoms with van der Waals surface area (Å²) in [6.45, 7) is 11.1. The van der Waals surface area contributed by atoms with Gasteiger partial charge in [-0.1, -0.05) is 45.0 Å². The van der Waals surface area contributed by atoms with Crippen LogP contribution in [0.2, 0.25) is 0 Å². The smallest absolute Gasteiger partial charge is 0.242 e. The second kappa shape index (κ2) is 8.08. The number of likely N-dealkylation sites (N-methyl/N-ethyl adjacent to an activating group) is 1. The zero-order chi connectivity index (χ0) is 20.5. The van der Waals surface area contributed by atoms with Crippen LogP contribution in [0.15, 0.2) is 35.7 Å². The maximum absolute atomic E-state index is 13.4. The van der Waals surface area contributed by atoms with E-state index in [0.717, 1.165) is 6.42 Å². The number of amides is 2. The van der Waals surface area contributed by atoms with Crippen molar-refractivity contribution in [2.24, 2.45) is 5.41 Å². The van der Waals surface area contributed by atoms with Gasteiger partial charge in [-0.2, -0.15) is 0 Å². The third kappa shape index (κ3) is 4.00. The molecular formula is C23H30N2O2S. The fraction of sp³-hybridized carbons (Fsp3) is 0.478. The van der Waals surface area contributed by atoms with E-state index in [1.165, 1.54) is 21.6 Å². The van der Waals surface area contributed by atoms with Gasteiger partial charge < -0.3 is 9.80 Å². The highest BCUT2D eigenvalue weighted by Crippen LogP contribution is 2.39. The highest BCUT2D eigenvalue weighted by molar-refractivity contribution is 7.10. The molecule has 2 amide bonds. The van der Waals surface area contributed by atoms with Crippen molar-refractivity contribution in [3.63, 3.8) is 0 Å². The largest absolute Gasteiger partial charge is 0.333 e. The van der Waals surface area contributed by atoms with Crippen LogP contribution in [-0.2, 0) is 16.0 Å². The lowest BCUT2D eigenvalue weighted by molar-refractivity contribution is -0.146. The number of fused-ring (bicyclic) bond motifs is 1. The molecule has 4 nitrogen and oxygen atoms in total. The molecule has 0 radical (unpaired) electrons. The number of thiophene rings is 1. The standard InChI is InChI=1S/C23H30N2O2S/c1-6-24(22(27)23(3,4)5)15-20(26)25-13-11-19-18(12-14-28-19)21(25)17-10-8-7-9-16(17)2/h7-10,12,14,21H,6,11,13,15H2,1-5H3. The molecule has 0 saturated heterocycles. The molecule has 0 fully saturated rings. The van der Waals surface area contributed by atoms with E-state index in [2.05, 4.69) is 30.5 Å². The lowest BCUT2D eigenvalue weighted by atomic mass is 9.90. The number of nitrogens with zero attached hydrogens (tertiary/aromatic N) is 2. The molecule has 2 heterocycles. The molecular weight excluding hydrogens is 368 g/mol. The lowest BCUT2D eigenvalue weighted by Crippen LogP contribution is -2.49. The highest BCUT2D eigenvalue weighted by Gasteiger charge is 2.35. The minimum atomic E-state index is -0.492. The monoisotopic (exact) mass is 398 g/mol. The zero-order valence-corrected chi connectivity index (χ0v) is 18.3. The van der Waals surface area contributed by atoms with E-state index in [4.69, 9.17) is 0 Å². The van der Waals surface area contributed by atoms with Crippen molar-refractivity contribution in [3.8, 4) is 0 Å². The van der Waals surface area contributed by atoms with Gasteiger partial charge in [-0.25, -0.2) is 0 Å². The van der Waals surface area contributed by atoms with E-state index in [1.807, 2.05) is 44.7 Å². The van der Waals surface area contributed by atoms with E-state index in [-0.39, 0.29) is 24.4 Å². The van der Waals surface area contributed by atoms with Crippen molar-refractivity contribution in [2.45, 2.75) is 47.1 Å². The van der Waals surface area contributed by atoms with Gasteiger partial charge in [0.05, 0.1) is 12.6 Å². The van der Waals surface area contributed by atoms with Crippen LogP contribution >= 0.6 is 11.3 Å². The number of hydrogen-bond acceptors (Lipinski definition) is 3. The topological polar surface area (TPSA) is 40.6 Å². The second-order valence-corrected chi connectivity index (χ2v) is 9.47. The van der Waals surface area contributed by atoms with Gasteiger partial charge in [0.15, 0.2) is 0 Å². The molecule has 5 heteroatoms. The van der Waals surface area contributed by atoms with Crippen molar-refractivity contribution >= 4 is 23.2 Å². The van der Waals surface area contributed by atoms with Gasteiger partial charge in [0, 0.05) is 23.4 Å². The van der Waals surface area contributed by atoms with Crippen LogP contribution in [0, 0.1) is 12.3 Å². The summed E-state index contributed by atoms with van der Waals surface area (Å²) >= 11 is 1.77. The molecule has 0 bridgehead atoms. The predicted molar refractivity (Wildman–Crippen MR) is 114 cm³/mol. The Labute approximate surface area is 172 Å². The summed E-state index contributed by atoms with van der Waals surface area (Å²) < 4.78 is 0. The first-order valence-electron chi connectivity index (χ1n) is 9.94. The molecule has 0 aliphatic carbocycles. The van der Waals surface area contributed by atoms with Gasteiger partial charge in [0.2, 0.25) is 11.8 Å². The average Bonchev–Trinajstić information content (AvgIpc) is 3.13. The number of benzene rings is 1. The van der Waals surface area contributed by atoms with Crippen LogP contribution in [0.3, 0.4) is 0 Å². The maximum Gasteiger partial charge on any atom is 0.242 e. The molecule has 1 aromatic heterocycles. The van der Waals surface area contributed by atoms with Crippen LogP contribution in [0.4, 0.5) is 0 Å². The van der Waals surface area contributed by atoms with Crippen LogP contribution in [-0.4, -0.2) is 41.2 Å². The molecule has 150 valence electrons. The third-order valence-corrected chi connectivity index (χ3v) is 6.40. The molecule has 1 aliphatic rings. The summed E-state index contributed by atoms with van der Waals surface area (Å²) in [7, 11) is 0. The van der Waals surface area contributed by atoms with E-state index < -0.39 is 5.41 Å². The van der Waals surface area contributed by atoms with Crippen LogP contribution in [0.5, 0.6) is 0 Å². The first kappa shape index (κ1) is 20.6. The maximum atomic E-state index is 13.4. The Balaban J connectivity index is 1.92. The first-order valence-corrected chi connectivity index (χ1v) is 10.8. The Morgan fingerprint density at radius 3 is 2.54 bits per heavy atom. The van der Waals surface area contributed by atoms with Gasteiger partial charge in [-0.15, -0.1) is 11.3 Å². The van der Waals surface area contributed by atoms with Gasteiger partial charge in [0.1, 0.15) is 0 Å². The average molecular weight is 399 g/mol.